The Balaban J connectivity index is 2.24. The average molecular weight is 378 g/mol. The maximum absolute atomic E-state index is 12.3. The minimum absolute atomic E-state index is 0.0817. The number of nitrogens with zero attached hydrogens (tertiary/aromatic N) is 1. The van der Waals surface area contributed by atoms with Crippen LogP contribution in [-0.2, 0) is 10.0 Å². The number of hydrogen-bond acceptors (Lipinski definition) is 4. The number of primary sulfonamides is 1. The van der Waals surface area contributed by atoms with Gasteiger partial charge in [0.05, 0.1) is 16.3 Å². The first-order valence-electron chi connectivity index (χ1n) is 7.01. The van der Waals surface area contributed by atoms with E-state index >= 15 is 0 Å². The average Bonchev–Trinajstić information content (AvgIpc) is 2.54. The predicted molar refractivity (Wildman–Crippen MR) is 94.5 cm³/mol. The van der Waals surface area contributed by atoms with Crippen molar-refractivity contribution in [2.45, 2.75) is 4.90 Å². The number of H-pyrrole nitrogens is 1. The van der Waals surface area contributed by atoms with E-state index in [-0.39, 0.29) is 4.90 Å². The molecule has 2 aromatic carbocycles. The van der Waals surface area contributed by atoms with Crippen molar-refractivity contribution >= 4 is 21.6 Å². The molecule has 0 saturated carbocycles. The van der Waals surface area contributed by atoms with Crippen LogP contribution in [0.15, 0.2) is 69.1 Å². The van der Waals surface area contributed by atoms with Crippen molar-refractivity contribution in [3.05, 3.63) is 80.5 Å². The highest BCUT2D eigenvalue weighted by atomic mass is 35.5. The van der Waals surface area contributed by atoms with E-state index < -0.39 is 21.3 Å². The first-order valence-corrected chi connectivity index (χ1v) is 8.94. The van der Waals surface area contributed by atoms with Gasteiger partial charge in [0, 0.05) is 11.1 Å². The second-order valence-corrected chi connectivity index (χ2v) is 7.20. The number of sulfonamides is 1. The maximum Gasteiger partial charge on any atom is 0.333 e. The second kappa shape index (κ2) is 6.32. The van der Waals surface area contributed by atoms with Gasteiger partial charge in [0.2, 0.25) is 10.0 Å². The molecule has 0 atom stereocenters. The van der Waals surface area contributed by atoms with Crippen LogP contribution >= 0.6 is 11.6 Å². The van der Waals surface area contributed by atoms with Crippen molar-refractivity contribution < 1.29 is 8.42 Å². The molecule has 3 aromatic rings. The fourth-order valence-electron chi connectivity index (χ4n) is 2.37. The molecule has 7 nitrogen and oxygen atoms in total. The Bertz CT molecular complexity index is 1150. The van der Waals surface area contributed by atoms with Gasteiger partial charge in [-0.3, -0.25) is 14.3 Å². The normalized spacial score (nSPS) is 11.4. The van der Waals surface area contributed by atoms with Crippen LogP contribution in [0.2, 0.25) is 5.02 Å². The van der Waals surface area contributed by atoms with Gasteiger partial charge in [-0.15, -0.1) is 0 Å². The minimum atomic E-state index is -3.85. The Morgan fingerprint density at radius 3 is 2.12 bits per heavy atom. The molecule has 0 amide bonds. The number of rotatable bonds is 3. The lowest BCUT2D eigenvalue weighted by Gasteiger charge is -2.12. The fraction of sp³-hybridized carbons (Fsp3) is 0. The van der Waals surface area contributed by atoms with E-state index in [1.54, 1.807) is 24.3 Å². The number of aromatic nitrogens is 2. The minimum Gasteiger partial charge on any atom is -0.274 e. The molecule has 3 N–H and O–H groups in total. The lowest BCUT2D eigenvalue weighted by Crippen LogP contribution is -2.29. The molecule has 25 heavy (non-hydrogen) atoms. The second-order valence-electron chi connectivity index (χ2n) is 5.21. The van der Waals surface area contributed by atoms with Crippen molar-refractivity contribution in [2.75, 3.05) is 0 Å². The summed E-state index contributed by atoms with van der Waals surface area (Å²) in [6.07, 6.45) is 0. The first-order chi connectivity index (χ1) is 11.8. The number of hydrogen-bond donors (Lipinski definition) is 2. The van der Waals surface area contributed by atoms with Gasteiger partial charge < -0.3 is 0 Å². The molecule has 3 rings (SSSR count). The van der Waals surface area contributed by atoms with Gasteiger partial charge in [0.1, 0.15) is 0 Å². The summed E-state index contributed by atoms with van der Waals surface area (Å²) in [6, 6.07) is 13.3. The van der Waals surface area contributed by atoms with Gasteiger partial charge in [0.15, 0.2) is 0 Å². The van der Waals surface area contributed by atoms with Crippen molar-refractivity contribution in [1.29, 1.82) is 0 Å². The van der Waals surface area contributed by atoms with Crippen LogP contribution in [0.25, 0.3) is 16.9 Å². The quantitative estimate of drug-likeness (QED) is 0.719. The highest BCUT2D eigenvalue weighted by Crippen LogP contribution is 2.22. The van der Waals surface area contributed by atoms with Gasteiger partial charge in [0.25, 0.3) is 5.56 Å². The summed E-state index contributed by atoms with van der Waals surface area (Å²) in [4.78, 5) is 26.2. The van der Waals surface area contributed by atoms with Crippen LogP contribution in [0.3, 0.4) is 0 Å². The molecule has 9 heteroatoms. The van der Waals surface area contributed by atoms with Crippen molar-refractivity contribution in [3.8, 4) is 16.9 Å². The molecule has 0 aliphatic heterocycles. The van der Waals surface area contributed by atoms with Crippen LogP contribution in [0.4, 0.5) is 0 Å². The van der Waals surface area contributed by atoms with Gasteiger partial charge in [-0.1, -0.05) is 23.7 Å². The molecular weight excluding hydrogens is 366 g/mol. The van der Waals surface area contributed by atoms with E-state index in [1.165, 1.54) is 34.9 Å². The van der Waals surface area contributed by atoms with Crippen LogP contribution in [-0.4, -0.2) is 18.0 Å². The molecule has 0 bridgehead atoms. The van der Waals surface area contributed by atoms with Crippen LogP contribution in [0.5, 0.6) is 0 Å². The molecule has 128 valence electrons. The zero-order valence-corrected chi connectivity index (χ0v) is 14.2. The molecule has 0 aliphatic carbocycles. The summed E-state index contributed by atoms with van der Waals surface area (Å²) in [5, 5.41) is 5.59. The van der Waals surface area contributed by atoms with E-state index in [0.29, 0.717) is 22.0 Å². The number of nitrogens with one attached hydrogen (secondary N) is 1. The molecular formula is C16H12ClN3O4S. The van der Waals surface area contributed by atoms with Crippen molar-refractivity contribution in [1.82, 2.24) is 9.55 Å². The molecule has 1 aromatic heterocycles. The number of nitrogens with two attached hydrogens (primary N) is 1. The Morgan fingerprint density at radius 1 is 0.960 bits per heavy atom. The Morgan fingerprint density at radius 2 is 1.56 bits per heavy atom. The third-order valence-corrected chi connectivity index (χ3v) is 4.69. The lowest BCUT2D eigenvalue weighted by molar-refractivity contribution is 0.598. The summed E-state index contributed by atoms with van der Waals surface area (Å²) >= 11 is 5.87. The van der Waals surface area contributed by atoms with Crippen molar-refractivity contribution in [2.24, 2.45) is 5.14 Å². The third-order valence-electron chi connectivity index (χ3n) is 3.51. The number of halogens is 1. The SMILES string of the molecule is NS(=O)(=O)c1ccc(-n2c(-c3ccc(Cl)cc3)cc(=O)[nH]c2=O)cc1. The van der Waals surface area contributed by atoms with E-state index in [9.17, 15) is 18.0 Å². The van der Waals surface area contributed by atoms with E-state index in [2.05, 4.69) is 4.98 Å². The third kappa shape index (κ3) is 3.55. The highest BCUT2D eigenvalue weighted by molar-refractivity contribution is 7.89. The van der Waals surface area contributed by atoms with Gasteiger partial charge in [-0.25, -0.2) is 18.4 Å². The largest absolute Gasteiger partial charge is 0.333 e. The topological polar surface area (TPSA) is 115 Å². The summed E-state index contributed by atoms with van der Waals surface area (Å²) < 4.78 is 24.0. The molecule has 1 heterocycles. The predicted octanol–water partition coefficient (Wildman–Crippen LogP) is 1.49. The standard InChI is InChI=1S/C16H12ClN3O4S/c17-11-3-1-10(2-4-11)14-9-15(21)19-16(22)20(14)12-5-7-13(8-6-12)25(18,23)24/h1-9H,(H2,18,23,24)(H,19,21,22). The summed E-state index contributed by atoms with van der Waals surface area (Å²) in [5.41, 5.74) is 0.114. The summed E-state index contributed by atoms with van der Waals surface area (Å²) in [7, 11) is -3.85. The van der Waals surface area contributed by atoms with Gasteiger partial charge in [-0.05, 0) is 42.0 Å². The highest BCUT2D eigenvalue weighted by Gasteiger charge is 2.12. The molecule has 0 fully saturated rings. The molecule has 0 saturated heterocycles. The monoisotopic (exact) mass is 377 g/mol. The molecule has 0 radical (unpaired) electrons. The van der Waals surface area contributed by atoms with E-state index in [4.69, 9.17) is 16.7 Å². The fourth-order valence-corrected chi connectivity index (χ4v) is 3.01. The van der Waals surface area contributed by atoms with Gasteiger partial charge in [-0.2, -0.15) is 0 Å². The molecule has 0 spiro atoms. The summed E-state index contributed by atoms with van der Waals surface area (Å²) in [6.45, 7) is 0. The van der Waals surface area contributed by atoms with Crippen molar-refractivity contribution in [3.63, 3.8) is 0 Å². The smallest absolute Gasteiger partial charge is 0.274 e. The zero-order chi connectivity index (χ0) is 18.2. The Hall–Kier alpha value is -2.68. The molecule has 0 unspecified atom stereocenters. The maximum atomic E-state index is 12.3. The van der Waals surface area contributed by atoms with Crippen LogP contribution < -0.4 is 16.4 Å². The molecule has 0 aliphatic rings. The number of benzene rings is 2. The van der Waals surface area contributed by atoms with Crippen LogP contribution in [0.1, 0.15) is 0 Å². The van der Waals surface area contributed by atoms with Crippen LogP contribution in [0, 0.1) is 0 Å². The lowest BCUT2D eigenvalue weighted by atomic mass is 10.1. The zero-order valence-electron chi connectivity index (χ0n) is 12.6. The first kappa shape index (κ1) is 17.2. The Kier molecular flexibility index (Phi) is 4.34. The van der Waals surface area contributed by atoms with Gasteiger partial charge >= 0.3 is 5.69 Å². The Labute approximate surface area is 147 Å². The number of aromatic amines is 1. The van der Waals surface area contributed by atoms with E-state index in [0.717, 1.165) is 0 Å². The van der Waals surface area contributed by atoms with E-state index in [1.807, 2.05) is 0 Å². The summed E-state index contributed by atoms with van der Waals surface area (Å²) in [5.74, 6) is 0.